The van der Waals surface area contributed by atoms with Crippen molar-refractivity contribution in [3.05, 3.63) is 76.2 Å². The first-order valence-corrected chi connectivity index (χ1v) is 8.88. The molecule has 1 N–H and O–H groups in total. The van der Waals surface area contributed by atoms with Crippen LogP contribution in [0.15, 0.2) is 59.6 Å². The van der Waals surface area contributed by atoms with Gasteiger partial charge in [-0.25, -0.2) is 4.79 Å². The molecule has 0 fully saturated rings. The molecule has 6 nitrogen and oxygen atoms in total. The lowest BCUT2D eigenvalue weighted by molar-refractivity contribution is -0.119. The molecule has 29 heavy (non-hydrogen) atoms. The maximum absolute atomic E-state index is 13.1. The van der Waals surface area contributed by atoms with Crippen LogP contribution in [-0.2, 0) is 19.1 Å². The van der Waals surface area contributed by atoms with E-state index in [9.17, 15) is 19.5 Å². The Morgan fingerprint density at radius 1 is 0.862 bits per heavy atom. The van der Waals surface area contributed by atoms with Crippen LogP contribution in [0.4, 0.5) is 0 Å². The van der Waals surface area contributed by atoms with Gasteiger partial charge in [0.1, 0.15) is 0 Å². The van der Waals surface area contributed by atoms with Crippen molar-refractivity contribution in [2.24, 2.45) is 0 Å². The van der Waals surface area contributed by atoms with E-state index in [1.165, 1.54) is 20.3 Å². The largest absolute Gasteiger partial charge is 0.489 e. The number of carbonyl (C=O) groups is 3. The Hall–Kier alpha value is -3.67. The first-order valence-electron chi connectivity index (χ1n) is 8.88. The summed E-state index contributed by atoms with van der Waals surface area (Å²) in [4.78, 5) is 37.7. The highest BCUT2D eigenvalue weighted by Gasteiger charge is 2.36. The number of methoxy groups -OCH3 is 2. The quantitative estimate of drug-likeness (QED) is 0.779. The summed E-state index contributed by atoms with van der Waals surface area (Å²) in [5.41, 5.74) is 2.79. The molecule has 3 rings (SSSR count). The molecule has 0 atom stereocenters. The Balaban J connectivity index is 2.31. The molecule has 0 saturated carbocycles. The number of carboxylic acid groups (broad SMARTS) is 1. The summed E-state index contributed by atoms with van der Waals surface area (Å²) >= 11 is 0. The van der Waals surface area contributed by atoms with Gasteiger partial charge in [-0.05, 0) is 42.2 Å². The third kappa shape index (κ3) is 3.23. The number of carboxylic acids is 1. The zero-order valence-corrected chi connectivity index (χ0v) is 16.5. The summed E-state index contributed by atoms with van der Waals surface area (Å²) in [5, 5.41) is 9.67. The molecule has 0 amide bonds. The van der Waals surface area contributed by atoms with Crippen molar-refractivity contribution in [3.63, 3.8) is 0 Å². The number of hydrogen-bond acceptors (Lipinski definition) is 5. The number of carbonyl (C=O) groups excluding carboxylic acids is 2. The summed E-state index contributed by atoms with van der Waals surface area (Å²) in [6, 6.07) is 12.1. The van der Waals surface area contributed by atoms with E-state index in [-0.39, 0.29) is 28.2 Å². The van der Waals surface area contributed by atoms with E-state index in [0.29, 0.717) is 22.3 Å². The molecule has 2 aromatic rings. The molecule has 0 saturated heterocycles. The van der Waals surface area contributed by atoms with Crippen LogP contribution in [0.2, 0.25) is 0 Å². The summed E-state index contributed by atoms with van der Waals surface area (Å²) < 4.78 is 10.2. The second-order valence-electron chi connectivity index (χ2n) is 6.56. The van der Waals surface area contributed by atoms with Crippen molar-refractivity contribution in [2.75, 3.05) is 14.2 Å². The summed E-state index contributed by atoms with van der Waals surface area (Å²) in [6.07, 6.45) is 0. The second kappa shape index (κ2) is 7.75. The lowest BCUT2D eigenvalue weighted by atomic mass is 9.83. The number of Topliss-reactive ketones (excluding diaryl/α,β-unsaturated/α-hetero) is 2. The molecule has 148 valence electrons. The van der Waals surface area contributed by atoms with Gasteiger partial charge in [0.15, 0.2) is 0 Å². The molecule has 0 unspecified atom stereocenters. The standard InChI is InChI=1S/C23H20O6/c1-12-15(18-13(2)19(24)21(28-3)22(29-4)20(18)25)10-11-16(23(26)27)17(12)14-8-6-5-7-9-14/h5-11H,1-4H3,(H,26,27). The molecule has 0 aliphatic heterocycles. The second-order valence-corrected chi connectivity index (χ2v) is 6.56. The van der Waals surface area contributed by atoms with E-state index >= 15 is 0 Å². The van der Waals surface area contributed by atoms with Gasteiger partial charge in [-0.15, -0.1) is 0 Å². The Bertz CT molecular complexity index is 1090. The molecule has 6 heteroatoms. The minimum Gasteiger partial charge on any atom is -0.489 e. The fourth-order valence-electron chi connectivity index (χ4n) is 3.61. The van der Waals surface area contributed by atoms with Gasteiger partial charge in [0.05, 0.1) is 19.8 Å². The van der Waals surface area contributed by atoms with E-state index < -0.39 is 17.5 Å². The number of allylic oxidation sites excluding steroid dienone is 2. The molecule has 1 aliphatic rings. The highest BCUT2D eigenvalue weighted by Crippen LogP contribution is 2.38. The predicted molar refractivity (Wildman–Crippen MR) is 107 cm³/mol. The van der Waals surface area contributed by atoms with Gasteiger partial charge in [0.2, 0.25) is 23.1 Å². The fourth-order valence-corrected chi connectivity index (χ4v) is 3.61. The van der Waals surface area contributed by atoms with Gasteiger partial charge in [0, 0.05) is 11.1 Å². The topological polar surface area (TPSA) is 89.9 Å². The number of hydrogen-bond donors (Lipinski definition) is 1. The molecule has 0 heterocycles. The molecule has 2 aromatic carbocycles. The summed E-state index contributed by atoms with van der Waals surface area (Å²) in [7, 11) is 2.60. The third-order valence-electron chi connectivity index (χ3n) is 5.00. The van der Waals surface area contributed by atoms with Crippen LogP contribution in [-0.4, -0.2) is 36.9 Å². The van der Waals surface area contributed by atoms with Crippen molar-refractivity contribution in [3.8, 4) is 11.1 Å². The van der Waals surface area contributed by atoms with Crippen LogP contribution in [0.1, 0.15) is 28.4 Å². The van der Waals surface area contributed by atoms with Crippen molar-refractivity contribution in [1.29, 1.82) is 0 Å². The Kier molecular flexibility index (Phi) is 5.37. The number of ether oxygens (including phenoxy) is 2. The van der Waals surface area contributed by atoms with E-state index in [1.807, 2.05) is 18.2 Å². The van der Waals surface area contributed by atoms with Crippen LogP contribution in [0, 0.1) is 6.92 Å². The third-order valence-corrected chi connectivity index (χ3v) is 5.00. The van der Waals surface area contributed by atoms with E-state index in [0.717, 1.165) is 0 Å². The van der Waals surface area contributed by atoms with Crippen LogP contribution in [0.25, 0.3) is 16.7 Å². The lowest BCUT2D eigenvalue weighted by Crippen LogP contribution is -2.24. The van der Waals surface area contributed by atoms with Gasteiger partial charge in [-0.3, -0.25) is 9.59 Å². The molecular formula is C23H20O6. The molecule has 1 aliphatic carbocycles. The maximum atomic E-state index is 13.1. The zero-order chi connectivity index (χ0) is 21.3. The van der Waals surface area contributed by atoms with Gasteiger partial charge < -0.3 is 14.6 Å². The Labute approximate surface area is 168 Å². The minimum atomic E-state index is -1.07. The van der Waals surface area contributed by atoms with Crippen LogP contribution in [0.5, 0.6) is 0 Å². The predicted octanol–water partition coefficient (Wildman–Crippen LogP) is 3.79. The van der Waals surface area contributed by atoms with Crippen LogP contribution in [0.3, 0.4) is 0 Å². The van der Waals surface area contributed by atoms with Crippen molar-refractivity contribution < 1.29 is 29.0 Å². The van der Waals surface area contributed by atoms with E-state index in [2.05, 4.69) is 0 Å². The SMILES string of the molecule is COC1=C(OC)C(=O)C(c2ccc(C(=O)O)c(-c3ccccc3)c2C)=C(C)C1=O. The summed E-state index contributed by atoms with van der Waals surface area (Å²) in [5.74, 6) is -2.30. The van der Waals surface area contributed by atoms with Crippen molar-refractivity contribution >= 4 is 23.1 Å². The monoisotopic (exact) mass is 392 g/mol. The number of ketones is 2. The highest BCUT2D eigenvalue weighted by atomic mass is 16.5. The molecule has 0 bridgehead atoms. The fraction of sp³-hybridized carbons (Fsp3) is 0.174. The van der Waals surface area contributed by atoms with Gasteiger partial charge in [-0.1, -0.05) is 36.4 Å². The van der Waals surface area contributed by atoms with Gasteiger partial charge >= 0.3 is 5.97 Å². The average Bonchev–Trinajstić information content (AvgIpc) is 2.71. The maximum Gasteiger partial charge on any atom is 0.336 e. The van der Waals surface area contributed by atoms with Gasteiger partial charge in [0.25, 0.3) is 0 Å². The molecular weight excluding hydrogens is 372 g/mol. The van der Waals surface area contributed by atoms with E-state index in [4.69, 9.17) is 9.47 Å². The normalized spacial score (nSPS) is 14.3. The average molecular weight is 392 g/mol. The highest BCUT2D eigenvalue weighted by molar-refractivity contribution is 6.38. The van der Waals surface area contributed by atoms with Crippen LogP contribution < -0.4 is 0 Å². The van der Waals surface area contributed by atoms with Crippen LogP contribution >= 0.6 is 0 Å². The summed E-state index contributed by atoms with van der Waals surface area (Å²) in [6.45, 7) is 3.29. The first-order chi connectivity index (χ1) is 13.8. The Morgan fingerprint density at radius 2 is 1.45 bits per heavy atom. The zero-order valence-electron chi connectivity index (χ0n) is 16.5. The number of aromatic carboxylic acids is 1. The van der Waals surface area contributed by atoms with E-state index in [1.54, 1.807) is 32.0 Å². The molecule has 0 aromatic heterocycles. The molecule has 0 spiro atoms. The minimum absolute atomic E-state index is 0.116. The molecule has 0 radical (unpaired) electrons. The first kappa shape index (κ1) is 20.1. The smallest absolute Gasteiger partial charge is 0.336 e. The number of benzene rings is 2. The van der Waals surface area contributed by atoms with Crippen molar-refractivity contribution in [2.45, 2.75) is 13.8 Å². The van der Waals surface area contributed by atoms with Gasteiger partial charge in [-0.2, -0.15) is 0 Å². The number of rotatable bonds is 5. The lowest BCUT2D eigenvalue weighted by Gasteiger charge is -2.23. The van der Waals surface area contributed by atoms with Crippen molar-refractivity contribution in [1.82, 2.24) is 0 Å². The Morgan fingerprint density at radius 3 is 2.00 bits per heavy atom.